The standard InChI is InChI=1S/C80H153N2O7P/c1-7-10-13-16-19-22-25-28-30-32-34-36-38-40-41-43-44-46-48-50-52-54-57-60-63-66-69-72-79(83)81-77(76-88-90(85,86)87-75-74-82(4,5)6)78(71-68-65-62-59-56-27-24-21-18-15-12-9-3)89-80(84)73-70-67-64-61-58-55-53-51-49-47-45-42-39-37-35-33-31-29-26-23-20-17-14-11-8-2/h20,23,29,31,35,37,68,71,77-78H,7-19,21-22,24-28,30,32-34,36,38-67,69-70,72-76H2,1-6H3,(H-,81,83,85,86)/b23-20-,31-29-,37-35-,71-68+. The summed E-state index contributed by atoms with van der Waals surface area (Å²) < 4.78 is 30.5. The average molecular weight is 1290 g/mol. The summed E-state index contributed by atoms with van der Waals surface area (Å²) in [7, 11) is 1.20. The number of nitrogens with zero attached hydrogens (tertiary/aromatic N) is 1. The number of phosphoric acid groups is 1. The molecule has 0 fully saturated rings. The van der Waals surface area contributed by atoms with Crippen LogP contribution < -0.4 is 10.2 Å². The molecule has 1 amide bonds. The van der Waals surface area contributed by atoms with Gasteiger partial charge in [-0.25, -0.2) is 0 Å². The second-order valence-electron chi connectivity index (χ2n) is 28.2. The number of unbranched alkanes of at least 4 members (excludes halogenated alkanes) is 51. The minimum absolute atomic E-state index is 0.0202. The zero-order valence-corrected chi connectivity index (χ0v) is 61.8. The van der Waals surface area contributed by atoms with Crippen LogP contribution in [0.1, 0.15) is 400 Å². The van der Waals surface area contributed by atoms with Crippen molar-refractivity contribution in [3.8, 4) is 0 Å². The van der Waals surface area contributed by atoms with Crippen molar-refractivity contribution in [2.75, 3.05) is 40.9 Å². The van der Waals surface area contributed by atoms with E-state index in [1.165, 1.54) is 295 Å². The van der Waals surface area contributed by atoms with Crippen LogP contribution >= 0.6 is 7.82 Å². The lowest BCUT2D eigenvalue weighted by Crippen LogP contribution is -2.47. The van der Waals surface area contributed by atoms with E-state index < -0.39 is 20.0 Å². The Bertz CT molecular complexity index is 1680. The van der Waals surface area contributed by atoms with Gasteiger partial charge in [0.1, 0.15) is 19.3 Å². The Morgan fingerprint density at radius 1 is 0.389 bits per heavy atom. The topological polar surface area (TPSA) is 114 Å². The number of hydrogen-bond donors (Lipinski definition) is 1. The number of ether oxygens (including phenoxy) is 1. The van der Waals surface area contributed by atoms with Crippen molar-refractivity contribution >= 4 is 19.7 Å². The molecule has 530 valence electrons. The summed E-state index contributed by atoms with van der Waals surface area (Å²) >= 11 is 0. The van der Waals surface area contributed by atoms with Crippen LogP contribution in [0.4, 0.5) is 0 Å². The number of esters is 1. The predicted molar refractivity (Wildman–Crippen MR) is 390 cm³/mol. The van der Waals surface area contributed by atoms with Crippen molar-refractivity contribution in [1.82, 2.24) is 5.32 Å². The first-order valence-corrected chi connectivity index (χ1v) is 40.9. The maximum Gasteiger partial charge on any atom is 0.306 e. The van der Waals surface area contributed by atoms with Crippen molar-refractivity contribution in [3.63, 3.8) is 0 Å². The monoisotopic (exact) mass is 1290 g/mol. The number of phosphoric ester groups is 1. The molecule has 10 heteroatoms. The van der Waals surface area contributed by atoms with Gasteiger partial charge in [0, 0.05) is 12.8 Å². The van der Waals surface area contributed by atoms with Crippen molar-refractivity contribution in [1.29, 1.82) is 0 Å². The maximum atomic E-state index is 13.6. The first kappa shape index (κ1) is 88.0. The molecule has 0 aromatic rings. The van der Waals surface area contributed by atoms with Crippen LogP contribution in [0.3, 0.4) is 0 Å². The van der Waals surface area contributed by atoms with Crippen molar-refractivity contribution in [2.24, 2.45) is 0 Å². The summed E-state index contributed by atoms with van der Waals surface area (Å²) in [6.07, 6.45) is 89.7. The van der Waals surface area contributed by atoms with Gasteiger partial charge >= 0.3 is 5.97 Å². The summed E-state index contributed by atoms with van der Waals surface area (Å²) in [4.78, 5) is 40.3. The van der Waals surface area contributed by atoms with E-state index in [0.29, 0.717) is 17.4 Å². The van der Waals surface area contributed by atoms with E-state index in [1.807, 2.05) is 33.3 Å². The number of nitrogens with one attached hydrogen (secondary N) is 1. The number of amides is 1. The molecule has 1 N–H and O–H groups in total. The molecule has 90 heavy (non-hydrogen) atoms. The Labute approximate surface area is 560 Å². The van der Waals surface area contributed by atoms with E-state index in [0.717, 1.165) is 70.6 Å². The fourth-order valence-corrected chi connectivity index (χ4v) is 12.7. The molecule has 0 rings (SSSR count). The molecule has 3 atom stereocenters. The first-order valence-electron chi connectivity index (χ1n) is 39.4. The van der Waals surface area contributed by atoms with Gasteiger partial charge < -0.3 is 28.5 Å². The lowest BCUT2D eigenvalue weighted by atomic mass is 10.0. The Morgan fingerprint density at radius 3 is 1.03 bits per heavy atom. The fourth-order valence-electron chi connectivity index (χ4n) is 11.9. The summed E-state index contributed by atoms with van der Waals surface area (Å²) in [5, 5.41) is 3.06. The number of rotatable bonds is 73. The Kier molecular flexibility index (Phi) is 68.2. The zero-order chi connectivity index (χ0) is 65.6. The summed E-state index contributed by atoms with van der Waals surface area (Å²) in [5.41, 5.74) is 0. The molecule has 0 aliphatic carbocycles. The normalized spacial score (nSPS) is 13.6. The molecule has 0 bridgehead atoms. The number of carbonyl (C=O) groups excluding carboxylic acids is 2. The average Bonchev–Trinajstić information content (AvgIpc) is 3.11. The van der Waals surface area contributed by atoms with Gasteiger partial charge in [-0.3, -0.25) is 14.2 Å². The van der Waals surface area contributed by atoms with Gasteiger partial charge in [-0.2, -0.15) is 0 Å². The zero-order valence-electron chi connectivity index (χ0n) is 60.9. The lowest BCUT2D eigenvalue weighted by molar-refractivity contribution is -0.870. The highest BCUT2D eigenvalue weighted by molar-refractivity contribution is 7.45. The number of hydrogen-bond acceptors (Lipinski definition) is 7. The fraction of sp³-hybridized carbons (Fsp3) is 0.875. The number of allylic oxidation sites excluding steroid dienone is 7. The largest absolute Gasteiger partial charge is 0.756 e. The third-order valence-corrected chi connectivity index (χ3v) is 19.0. The van der Waals surface area contributed by atoms with E-state index in [-0.39, 0.29) is 31.5 Å². The molecule has 0 radical (unpaired) electrons. The highest BCUT2D eigenvalue weighted by atomic mass is 31.2. The van der Waals surface area contributed by atoms with Crippen LogP contribution in [0.25, 0.3) is 0 Å². The number of carbonyl (C=O) groups is 2. The highest BCUT2D eigenvalue weighted by Gasteiger charge is 2.27. The second-order valence-corrected chi connectivity index (χ2v) is 29.6. The molecule has 9 nitrogen and oxygen atoms in total. The Hall–Kier alpha value is -2.03. The molecular formula is C80H153N2O7P. The van der Waals surface area contributed by atoms with Crippen molar-refractivity contribution in [3.05, 3.63) is 48.6 Å². The van der Waals surface area contributed by atoms with E-state index in [2.05, 4.69) is 62.5 Å². The van der Waals surface area contributed by atoms with Crippen LogP contribution in [0.5, 0.6) is 0 Å². The molecule has 0 aromatic heterocycles. The number of likely N-dealkylation sites (N-methyl/N-ethyl adjacent to an activating group) is 1. The minimum Gasteiger partial charge on any atom is -0.756 e. The molecule has 0 aliphatic heterocycles. The van der Waals surface area contributed by atoms with E-state index >= 15 is 0 Å². The first-order chi connectivity index (χ1) is 43.9. The predicted octanol–water partition coefficient (Wildman–Crippen LogP) is 24.9. The van der Waals surface area contributed by atoms with Crippen LogP contribution in [-0.4, -0.2) is 69.4 Å². The van der Waals surface area contributed by atoms with Gasteiger partial charge in [0.15, 0.2) is 0 Å². The molecule has 0 aliphatic rings. The van der Waals surface area contributed by atoms with Crippen LogP contribution in [-0.2, 0) is 27.9 Å². The van der Waals surface area contributed by atoms with Gasteiger partial charge in [0.05, 0.1) is 33.8 Å². The van der Waals surface area contributed by atoms with Crippen LogP contribution in [0.15, 0.2) is 48.6 Å². The summed E-state index contributed by atoms with van der Waals surface area (Å²) in [5.74, 6) is -0.522. The van der Waals surface area contributed by atoms with E-state index in [9.17, 15) is 19.0 Å². The van der Waals surface area contributed by atoms with Gasteiger partial charge in [-0.05, 0) is 70.3 Å². The highest BCUT2D eigenvalue weighted by Crippen LogP contribution is 2.38. The van der Waals surface area contributed by atoms with Crippen molar-refractivity contribution in [2.45, 2.75) is 412 Å². The molecule has 0 aromatic carbocycles. The van der Waals surface area contributed by atoms with Gasteiger partial charge in [-0.1, -0.05) is 365 Å². The lowest BCUT2D eigenvalue weighted by Gasteiger charge is -2.30. The Balaban J connectivity index is 4.91. The maximum absolute atomic E-state index is 13.6. The molecule has 0 saturated heterocycles. The molecular weight excluding hydrogens is 1130 g/mol. The molecule has 0 heterocycles. The van der Waals surface area contributed by atoms with E-state index in [1.54, 1.807) is 0 Å². The third-order valence-electron chi connectivity index (χ3n) is 18.0. The summed E-state index contributed by atoms with van der Waals surface area (Å²) in [6, 6.07) is -0.888. The van der Waals surface area contributed by atoms with Gasteiger partial charge in [0.2, 0.25) is 5.91 Å². The molecule has 3 unspecified atom stereocenters. The van der Waals surface area contributed by atoms with Gasteiger partial charge in [0.25, 0.3) is 7.82 Å². The molecule has 0 saturated carbocycles. The minimum atomic E-state index is -4.71. The third kappa shape index (κ3) is 70.3. The van der Waals surface area contributed by atoms with Gasteiger partial charge in [-0.15, -0.1) is 0 Å². The van der Waals surface area contributed by atoms with E-state index in [4.69, 9.17) is 13.8 Å². The summed E-state index contributed by atoms with van der Waals surface area (Å²) in [6.45, 7) is 6.89. The smallest absolute Gasteiger partial charge is 0.306 e. The molecule has 0 spiro atoms. The quantitative estimate of drug-likeness (QED) is 0.0212. The van der Waals surface area contributed by atoms with Crippen LogP contribution in [0, 0.1) is 0 Å². The Morgan fingerprint density at radius 2 is 0.678 bits per heavy atom. The number of quaternary nitrogens is 1. The van der Waals surface area contributed by atoms with Crippen molar-refractivity contribution < 1.29 is 37.3 Å². The second kappa shape index (κ2) is 69.8. The van der Waals surface area contributed by atoms with Crippen LogP contribution in [0.2, 0.25) is 0 Å². The SMILES string of the molecule is CCCCC/C=C\C/C=C\C/C=C\CCCCCCCCCCCCCCC(=O)OC(/C=C/CCCCCCCCCCCC)C(COP(=O)([O-])OCC[N+](C)(C)C)NC(=O)CCCCCCCCCCCCCCCCCCCCCCCCCCCCC.